The zero-order valence-corrected chi connectivity index (χ0v) is 14.6. The van der Waals surface area contributed by atoms with E-state index in [1.807, 2.05) is 22.9 Å². The van der Waals surface area contributed by atoms with Gasteiger partial charge in [-0.05, 0) is 32.3 Å². The van der Waals surface area contributed by atoms with E-state index in [1.54, 1.807) is 11.1 Å². The van der Waals surface area contributed by atoms with Crippen LogP contribution in [0.25, 0.3) is 0 Å². The molecule has 0 radical (unpaired) electrons. The summed E-state index contributed by atoms with van der Waals surface area (Å²) in [6.45, 7) is 5.29. The largest absolute Gasteiger partial charge is 0.391 e. The second kappa shape index (κ2) is 5.88. The summed E-state index contributed by atoms with van der Waals surface area (Å²) in [6.07, 6.45) is 2.77. The van der Waals surface area contributed by atoms with Crippen LogP contribution in [0.4, 0.5) is 5.82 Å². The first-order valence-electron chi connectivity index (χ1n) is 8.83. The van der Waals surface area contributed by atoms with E-state index in [0.29, 0.717) is 25.1 Å². The van der Waals surface area contributed by atoms with Crippen LogP contribution in [0.15, 0.2) is 36.5 Å². The number of likely N-dealkylation sites (tertiary alicyclic amines) is 1. The Balaban J connectivity index is 1.68. The van der Waals surface area contributed by atoms with Gasteiger partial charge in [0.25, 0.3) is 5.91 Å². The van der Waals surface area contributed by atoms with Crippen LogP contribution >= 0.6 is 0 Å². The molecule has 2 aromatic rings. The highest BCUT2D eigenvalue weighted by atomic mass is 16.3. The number of rotatable bonds is 2. The molecule has 1 saturated heterocycles. The Hall–Kier alpha value is -2.34. The van der Waals surface area contributed by atoms with Gasteiger partial charge in [-0.25, -0.2) is 4.68 Å². The standard InChI is InChI=1S/C19H24N4O2/c1-19(2)10-16(13-6-4-3-5-7-13)21-17-15(11-20-23(17)19)18(25)22-9-8-14(24)12-22/h3-7,11,14,16,21,24H,8-10,12H2,1-2H3. The van der Waals surface area contributed by atoms with Crippen molar-refractivity contribution in [3.8, 4) is 0 Å². The van der Waals surface area contributed by atoms with E-state index in [1.165, 1.54) is 5.56 Å². The van der Waals surface area contributed by atoms with Gasteiger partial charge in [0.1, 0.15) is 11.4 Å². The maximum atomic E-state index is 12.9. The first-order valence-corrected chi connectivity index (χ1v) is 8.83. The highest BCUT2D eigenvalue weighted by Crippen LogP contribution is 2.40. The lowest BCUT2D eigenvalue weighted by Gasteiger charge is -2.38. The van der Waals surface area contributed by atoms with Crippen LogP contribution in [0.2, 0.25) is 0 Å². The third-order valence-electron chi connectivity index (χ3n) is 5.24. The molecule has 2 aliphatic rings. The van der Waals surface area contributed by atoms with Crippen molar-refractivity contribution in [1.82, 2.24) is 14.7 Å². The Bertz CT molecular complexity index is 784. The number of amides is 1. The molecule has 25 heavy (non-hydrogen) atoms. The quantitative estimate of drug-likeness (QED) is 0.881. The number of fused-ring (bicyclic) bond motifs is 1. The number of carbonyl (C=O) groups excluding carboxylic acids is 1. The SMILES string of the molecule is CC1(C)CC(c2ccccc2)Nc2c(C(=O)N3CCC(O)C3)cnn21. The number of anilines is 1. The number of nitrogens with one attached hydrogen (secondary N) is 1. The van der Waals surface area contributed by atoms with E-state index >= 15 is 0 Å². The summed E-state index contributed by atoms with van der Waals surface area (Å²) in [5.41, 5.74) is 1.60. The van der Waals surface area contributed by atoms with Crippen LogP contribution in [0, 0.1) is 0 Å². The molecule has 6 heteroatoms. The van der Waals surface area contributed by atoms with Crippen LogP contribution in [-0.4, -0.2) is 44.9 Å². The second-order valence-electron chi connectivity index (χ2n) is 7.64. The van der Waals surface area contributed by atoms with Gasteiger partial charge in [-0.1, -0.05) is 30.3 Å². The molecule has 0 bridgehead atoms. The average Bonchev–Trinajstić information content (AvgIpc) is 3.21. The number of aliphatic hydroxyl groups excluding tert-OH is 1. The first-order chi connectivity index (χ1) is 12.0. The van der Waals surface area contributed by atoms with Gasteiger partial charge in [-0.3, -0.25) is 4.79 Å². The van der Waals surface area contributed by atoms with Crippen molar-refractivity contribution in [2.45, 2.75) is 44.4 Å². The summed E-state index contributed by atoms with van der Waals surface area (Å²) >= 11 is 0. The molecule has 2 aliphatic heterocycles. The van der Waals surface area contributed by atoms with Gasteiger partial charge < -0.3 is 15.3 Å². The molecule has 2 unspecified atom stereocenters. The van der Waals surface area contributed by atoms with E-state index in [-0.39, 0.29) is 17.5 Å². The molecule has 132 valence electrons. The van der Waals surface area contributed by atoms with Crippen LogP contribution in [0.3, 0.4) is 0 Å². The lowest BCUT2D eigenvalue weighted by molar-refractivity contribution is 0.0765. The number of aliphatic hydroxyl groups is 1. The molecule has 0 spiro atoms. The Kier molecular flexibility index (Phi) is 3.80. The van der Waals surface area contributed by atoms with Crippen LogP contribution in [0.5, 0.6) is 0 Å². The maximum absolute atomic E-state index is 12.9. The molecule has 1 amide bonds. The minimum Gasteiger partial charge on any atom is -0.391 e. The highest BCUT2D eigenvalue weighted by molar-refractivity contribution is 5.99. The van der Waals surface area contributed by atoms with Crippen molar-refractivity contribution >= 4 is 11.7 Å². The lowest BCUT2D eigenvalue weighted by atomic mass is 9.89. The predicted molar refractivity (Wildman–Crippen MR) is 95.5 cm³/mol. The zero-order valence-electron chi connectivity index (χ0n) is 14.6. The van der Waals surface area contributed by atoms with Crippen molar-refractivity contribution in [3.05, 3.63) is 47.7 Å². The van der Waals surface area contributed by atoms with Gasteiger partial charge in [0.2, 0.25) is 0 Å². The number of aromatic nitrogens is 2. The van der Waals surface area contributed by atoms with Gasteiger partial charge in [0.05, 0.1) is 23.9 Å². The Morgan fingerprint density at radius 1 is 1.32 bits per heavy atom. The van der Waals surface area contributed by atoms with E-state index in [4.69, 9.17) is 0 Å². The van der Waals surface area contributed by atoms with Gasteiger partial charge in [-0.15, -0.1) is 0 Å². The molecule has 0 aliphatic carbocycles. The van der Waals surface area contributed by atoms with E-state index in [2.05, 4.69) is 36.4 Å². The normalized spacial score (nSPS) is 24.7. The van der Waals surface area contributed by atoms with Crippen molar-refractivity contribution in [2.75, 3.05) is 18.4 Å². The zero-order chi connectivity index (χ0) is 17.6. The van der Waals surface area contributed by atoms with Gasteiger partial charge in [-0.2, -0.15) is 5.10 Å². The van der Waals surface area contributed by atoms with Crippen LogP contribution in [-0.2, 0) is 5.54 Å². The molecule has 4 rings (SSSR count). The number of β-amino-alcohol motifs (C(OH)–C–C–N with tert-alkyl or cyclic N) is 1. The molecule has 1 aromatic carbocycles. The summed E-state index contributed by atoms with van der Waals surface area (Å²) in [6, 6.07) is 10.4. The smallest absolute Gasteiger partial charge is 0.259 e. The van der Waals surface area contributed by atoms with Gasteiger partial charge in [0, 0.05) is 13.1 Å². The maximum Gasteiger partial charge on any atom is 0.259 e. The summed E-state index contributed by atoms with van der Waals surface area (Å²) < 4.78 is 1.92. The third-order valence-corrected chi connectivity index (χ3v) is 5.24. The van der Waals surface area contributed by atoms with Crippen molar-refractivity contribution in [3.63, 3.8) is 0 Å². The minimum absolute atomic E-state index is 0.0604. The average molecular weight is 340 g/mol. The Labute approximate surface area is 147 Å². The Morgan fingerprint density at radius 2 is 2.08 bits per heavy atom. The fourth-order valence-corrected chi connectivity index (χ4v) is 3.89. The summed E-state index contributed by atoms with van der Waals surface area (Å²) in [5.74, 6) is 0.714. The monoisotopic (exact) mass is 340 g/mol. The molecular formula is C19H24N4O2. The van der Waals surface area contributed by atoms with Crippen molar-refractivity contribution in [1.29, 1.82) is 0 Å². The number of nitrogens with zero attached hydrogens (tertiary/aromatic N) is 3. The van der Waals surface area contributed by atoms with Gasteiger partial charge in [0.15, 0.2) is 0 Å². The summed E-state index contributed by atoms with van der Waals surface area (Å²) in [5, 5.41) is 17.7. The first kappa shape index (κ1) is 16.1. The van der Waals surface area contributed by atoms with Crippen LogP contribution < -0.4 is 5.32 Å². The van der Waals surface area contributed by atoms with Gasteiger partial charge >= 0.3 is 0 Å². The fourth-order valence-electron chi connectivity index (χ4n) is 3.89. The molecule has 2 N–H and O–H groups in total. The Morgan fingerprint density at radius 3 is 2.76 bits per heavy atom. The minimum atomic E-state index is -0.420. The van der Waals surface area contributed by atoms with Crippen molar-refractivity contribution in [2.24, 2.45) is 0 Å². The molecule has 6 nitrogen and oxygen atoms in total. The third kappa shape index (κ3) is 2.80. The van der Waals surface area contributed by atoms with E-state index in [9.17, 15) is 9.90 Å². The molecular weight excluding hydrogens is 316 g/mol. The lowest BCUT2D eigenvalue weighted by Crippen LogP contribution is -2.38. The topological polar surface area (TPSA) is 70.4 Å². The fraction of sp³-hybridized carbons (Fsp3) is 0.474. The molecule has 0 saturated carbocycles. The highest BCUT2D eigenvalue weighted by Gasteiger charge is 2.38. The predicted octanol–water partition coefficient (Wildman–Crippen LogP) is 2.38. The molecule has 1 fully saturated rings. The number of carbonyl (C=O) groups is 1. The van der Waals surface area contributed by atoms with E-state index < -0.39 is 6.10 Å². The van der Waals surface area contributed by atoms with Crippen LogP contribution in [0.1, 0.15) is 48.7 Å². The number of benzene rings is 1. The van der Waals surface area contributed by atoms with E-state index in [0.717, 1.165) is 12.2 Å². The van der Waals surface area contributed by atoms with Crippen molar-refractivity contribution < 1.29 is 9.90 Å². The second-order valence-corrected chi connectivity index (χ2v) is 7.64. The summed E-state index contributed by atoms with van der Waals surface area (Å²) in [7, 11) is 0. The number of hydrogen-bond acceptors (Lipinski definition) is 4. The molecule has 3 heterocycles. The molecule has 1 aromatic heterocycles. The molecule has 2 atom stereocenters. The summed E-state index contributed by atoms with van der Waals surface area (Å²) in [4.78, 5) is 14.6. The number of hydrogen-bond donors (Lipinski definition) is 2.